The summed E-state index contributed by atoms with van der Waals surface area (Å²) in [5.41, 5.74) is 0.953. The van der Waals surface area contributed by atoms with Gasteiger partial charge in [-0.15, -0.1) is 0 Å². The van der Waals surface area contributed by atoms with Gasteiger partial charge in [0.2, 0.25) is 0 Å². The molecule has 6 nitrogen and oxygen atoms in total. The highest BCUT2D eigenvalue weighted by molar-refractivity contribution is 7.92. The molecule has 0 aromatic carbocycles. The molecule has 0 aliphatic rings. The quantitative estimate of drug-likeness (QED) is 0.820. The Balaban J connectivity index is 2.96. The third-order valence-corrected chi connectivity index (χ3v) is 5.37. The van der Waals surface area contributed by atoms with Crippen molar-refractivity contribution >= 4 is 21.5 Å². The molecule has 0 saturated carbocycles. The van der Waals surface area contributed by atoms with Gasteiger partial charge in [-0.3, -0.25) is 0 Å². The molecule has 0 unspecified atom stereocenters. The molecule has 2 N–H and O–H groups in total. The van der Waals surface area contributed by atoms with Crippen molar-refractivity contribution in [3.8, 4) is 0 Å². The predicted octanol–water partition coefficient (Wildman–Crippen LogP) is 1.32. The lowest BCUT2D eigenvalue weighted by atomic mass is 10.2. The first-order valence-electron chi connectivity index (χ1n) is 6.18. The Bertz CT molecular complexity index is 541. The van der Waals surface area contributed by atoms with Gasteiger partial charge in [0, 0.05) is 25.4 Å². The van der Waals surface area contributed by atoms with Gasteiger partial charge >= 0.3 is 0 Å². The van der Waals surface area contributed by atoms with Crippen LogP contribution in [0.15, 0.2) is 6.33 Å². The molecule has 1 aromatic rings. The Morgan fingerprint density at radius 3 is 2.32 bits per heavy atom. The minimum atomic E-state index is -3.13. The fraction of sp³-hybridized carbons (Fsp3) is 0.667. The average Bonchev–Trinajstić information content (AvgIpc) is 2.34. The Morgan fingerprint density at radius 1 is 1.26 bits per heavy atom. The molecule has 0 bridgehead atoms. The van der Waals surface area contributed by atoms with Crippen LogP contribution in [0.2, 0.25) is 0 Å². The highest BCUT2D eigenvalue weighted by atomic mass is 32.2. The molecule has 1 rings (SSSR count). The molecule has 7 heteroatoms. The van der Waals surface area contributed by atoms with Crippen molar-refractivity contribution in [3.05, 3.63) is 11.9 Å². The molecule has 0 saturated heterocycles. The molecule has 0 aliphatic carbocycles. The largest absolute Gasteiger partial charge is 0.373 e. The van der Waals surface area contributed by atoms with Crippen molar-refractivity contribution in [1.29, 1.82) is 0 Å². The molecular formula is C12H22N4O2S. The summed E-state index contributed by atoms with van der Waals surface area (Å²) in [6.45, 7) is 5.70. The van der Waals surface area contributed by atoms with Crippen LogP contribution in [0.25, 0.3) is 0 Å². The first kappa shape index (κ1) is 15.7. The summed E-state index contributed by atoms with van der Waals surface area (Å²) in [6.07, 6.45) is 3.47. The van der Waals surface area contributed by atoms with Crippen LogP contribution in [0.1, 0.15) is 26.3 Å². The van der Waals surface area contributed by atoms with E-state index in [1.807, 2.05) is 6.92 Å². The van der Waals surface area contributed by atoms with Crippen molar-refractivity contribution in [1.82, 2.24) is 9.97 Å². The normalized spacial score (nSPS) is 12.3. The molecule has 1 aromatic heterocycles. The summed E-state index contributed by atoms with van der Waals surface area (Å²) in [6, 6.07) is 0. The molecule has 108 valence electrons. The van der Waals surface area contributed by atoms with Gasteiger partial charge in [0.1, 0.15) is 18.0 Å². The van der Waals surface area contributed by atoms with Gasteiger partial charge in [-0.1, -0.05) is 6.92 Å². The number of hydrogen-bond donors (Lipinski definition) is 2. The van der Waals surface area contributed by atoms with Gasteiger partial charge in [-0.25, -0.2) is 18.4 Å². The fourth-order valence-electron chi connectivity index (χ4n) is 1.54. The van der Waals surface area contributed by atoms with Crippen molar-refractivity contribution in [2.24, 2.45) is 0 Å². The number of nitrogens with zero attached hydrogens (tertiary/aromatic N) is 2. The summed E-state index contributed by atoms with van der Waals surface area (Å²) in [5.74, 6) is 1.44. The highest BCUT2D eigenvalue weighted by Crippen LogP contribution is 2.22. The van der Waals surface area contributed by atoms with Crippen molar-refractivity contribution < 1.29 is 8.42 Å². The number of anilines is 2. The number of hydrogen-bond acceptors (Lipinski definition) is 6. The Morgan fingerprint density at radius 2 is 1.84 bits per heavy atom. The fourth-order valence-corrected chi connectivity index (χ4v) is 1.88. The SMILES string of the molecule is CCc1c(NC)ncnc1NCC(C)(C)S(C)(=O)=O. The molecule has 0 amide bonds. The van der Waals surface area contributed by atoms with Gasteiger partial charge in [-0.05, 0) is 20.3 Å². The maximum atomic E-state index is 11.7. The van der Waals surface area contributed by atoms with E-state index in [1.54, 1.807) is 20.9 Å². The molecule has 19 heavy (non-hydrogen) atoms. The molecule has 0 atom stereocenters. The van der Waals surface area contributed by atoms with Crippen LogP contribution in [0.3, 0.4) is 0 Å². The van der Waals surface area contributed by atoms with Crippen molar-refractivity contribution in [3.63, 3.8) is 0 Å². The highest BCUT2D eigenvalue weighted by Gasteiger charge is 2.30. The molecule has 0 spiro atoms. The summed E-state index contributed by atoms with van der Waals surface area (Å²) < 4.78 is 22.5. The van der Waals surface area contributed by atoms with Gasteiger partial charge in [0.15, 0.2) is 9.84 Å². The molecule has 0 fully saturated rings. The minimum absolute atomic E-state index is 0.305. The predicted molar refractivity (Wildman–Crippen MR) is 78.4 cm³/mol. The molecule has 0 aliphatic heterocycles. The molecule has 0 radical (unpaired) electrons. The zero-order chi connectivity index (χ0) is 14.7. The van der Waals surface area contributed by atoms with E-state index >= 15 is 0 Å². The molecular weight excluding hydrogens is 264 g/mol. The van der Waals surface area contributed by atoms with E-state index in [4.69, 9.17) is 0 Å². The second-order valence-electron chi connectivity index (χ2n) is 5.04. The summed E-state index contributed by atoms with van der Waals surface area (Å²) in [4.78, 5) is 8.33. The van der Waals surface area contributed by atoms with Crippen molar-refractivity contribution in [2.75, 3.05) is 30.5 Å². The van der Waals surface area contributed by atoms with E-state index < -0.39 is 14.6 Å². The first-order valence-corrected chi connectivity index (χ1v) is 8.07. The average molecular weight is 286 g/mol. The van der Waals surface area contributed by atoms with Crippen LogP contribution in [-0.2, 0) is 16.3 Å². The van der Waals surface area contributed by atoms with Crippen LogP contribution in [-0.4, -0.2) is 43.0 Å². The lowest BCUT2D eigenvalue weighted by molar-refractivity contribution is 0.559. The van der Waals surface area contributed by atoms with E-state index in [-0.39, 0.29) is 0 Å². The Labute approximate surface area is 115 Å². The van der Waals surface area contributed by atoms with Gasteiger partial charge < -0.3 is 10.6 Å². The maximum Gasteiger partial charge on any atom is 0.154 e. The van der Waals surface area contributed by atoms with E-state index in [0.29, 0.717) is 12.4 Å². The van der Waals surface area contributed by atoms with Crippen LogP contribution in [0.4, 0.5) is 11.6 Å². The zero-order valence-electron chi connectivity index (χ0n) is 12.1. The van der Waals surface area contributed by atoms with E-state index in [0.717, 1.165) is 17.8 Å². The third kappa shape index (κ3) is 3.56. The number of aromatic nitrogens is 2. The van der Waals surface area contributed by atoms with Gasteiger partial charge in [-0.2, -0.15) is 0 Å². The van der Waals surface area contributed by atoms with E-state index in [9.17, 15) is 8.42 Å². The van der Waals surface area contributed by atoms with Crippen LogP contribution < -0.4 is 10.6 Å². The minimum Gasteiger partial charge on any atom is -0.373 e. The summed E-state index contributed by atoms with van der Waals surface area (Å²) >= 11 is 0. The van der Waals surface area contributed by atoms with E-state index in [2.05, 4.69) is 20.6 Å². The second-order valence-corrected chi connectivity index (χ2v) is 7.69. The van der Waals surface area contributed by atoms with E-state index in [1.165, 1.54) is 12.6 Å². The monoisotopic (exact) mass is 286 g/mol. The number of nitrogens with one attached hydrogen (secondary N) is 2. The Kier molecular flexibility index (Phi) is 4.73. The summed E-state index contributed by atoms with van der Waals surface area (Å²) in [5, 5.41) is 6.12. The summed E-state index contributed by atoms with van der Waals surface area (Å²) in [7, 11) is -1.33. The topological polar surface area (TPSA) is 84.0 Å². The third-order valence-electron chi connectivity index (χ3n) is 3.22. The lowest BCUT2D eigenvalue weighted by Crippen LogP contribution is -2.38. The van der Waals surface area contributed by atoms with Crippen LogP contribution in [0, 0.1) is 0 Å². The first-order chi connectivity index (χ1) is 8.73. The second kappa shape index (κ2) is 5.73. The molecule has 1 heterocycles. The zero-order valence-corrected chi connectivity index (χ0v) is 12.9. The van der Waals surface area contributed by atoms with Crippen molar-refractivity contribution in [2.45, 2.75) is 31.9 Å². The number of rotatable bonds is 6. The smallest absolute Gasteiger partial charge is 0.154 e. The Hall–Kier alpha value is -1.37. The standard InChI is InChI=1S/C12H22N4O2S/c1-6-9-10(13-4)15-8-16-11(9)14-7-12(2,3)19(5,17)18/h8H,6-7H2,1-5H3,(H2,13,14,15,16). The van der Waals surface area contributed by atoms with Crippen LogP contribution >= 0.6 is 0 Å². The van der Waals surface area contributed by atoms with Crippen LogP contribution in [0.5, 0.6) is 0 Å². The lowest BCUT2D eigenvalue weighted by Gasteiger charge is -2.24. The number of sulfone groups is 1. The van der Waals surface area contributed by atoms with Gasteiger partial charge in [0.25, 0.3) is 0 Å². The maximum absolute atomic E-state index is 11.7. The van der Waals surface area contributed by atoms with Gasteiger partial charge in [0.05, 0.1) is 4.75 Å².